The van der Waals surface area contributed by atoms with Crippen molar-refractivity contribution in [2.45, 2.75) is 52.8 Å². The van der Waals surface area contributed by atoms with Crippen LogP contribution in [0.25, 0.3) is 53.8 Å². The van der Waals surface area contributed by atoms with E-state index < -0.39 is 8.07 Å². The zero-order valence-electron chi connectivity index (χ0n) is 31.9. The molecule has 1 unspecified atom stereocenters. The number of aromatic nitrogens is 2. The second-order valence-electron chi connectivity index (χ2n) is 15.2. The fraction of sp³-hybridized carbons (Fsp3) is 0.184. The zero-order chi connectivity index (χ0) is 37.0. The average Bonchev–Trinajstić information content (AvgIpc) is 3.56. The van der Waals surface area contributed by atoms with E-state index in [-0.39, 0.29) is 20.1 Å². The summed E-state index contributed by atoms with van der Waals surface area (Å²) in [4.78, 5) is 9.43. The van der Waals surface area contributed by atoms with Gasteiger partial charge in [0.25, 0.3) is 0 Å². The smallest absolute Gasteiger partial charge is 0.0798 e. The van der Waals surface area contributed by atoms with Crippen LogP contribution in [0.5, 0.6) is 0 Å². The topological polar surface area (TPSA) is 25.8 Å². The van der Waals surface area contributed by atoms with Gasteiger partial charge in [0.1, 0.15) is 0 Å². The molecular weight excluding hydrogens is 869 g/mol. The van der Waals surface area contributed by atoms with Crippen LogP contribution < -0.4 is 5.19 Å². The molecule has 0 spiro atoms. The largest absolute Gasteiger partial charge is 0.305 e. The van der Waals surface area contributed by atoms with Gasteiger partial charge < -0.3 is 9.97 Å². The van der Waals surface area contributed by atoms with Crippen molar-refractivity contribution in [1.29, 1.82) is 0 Å². The fourth-order valence-electron chi connectivity index (χ4n) is 7.01. The third kappa shape index (κ3) is 8.88. The number of fused-ring (bicyclic) bond motifs is 3. The SMILES string of the molecule is CC(C)Cc1cc(-c2[c-]cccc2)ncc1[Si](C)(C)C.CC(c1ccccc1)c1ccnc(-c2[c-]ccc3c2sc2ccc(-c4ccccc4)cc23)c1.[Ir]. The molecule has 0 bridgehead atoms. The monoisotopic (exact) mass is 915 g/mol. The van der Waals surface area contributed by atoms with Crippen LogP contribution in [-0.2, 0) is 26.5 Å². The van der Waals surface area contributed by atoms with E-state index in [2.05, 4.69) is 173 Å². The quantitative estimate of drug-likeness (QED) is 0.112. The standard InChI is InChI=1S/C31H22NS.C18H24NSi.Ir/c1-21(22-9-4-2-5-10-22)24-17-18-32-29(20-24)27-14-8-13-26-28-19-25(23-11-6-3-7-12-23)15-16-30(28)33-31(26)27;1-14(2)11-16-12-17(15-9-7-6-8-10-15)19-13-18(16)20(3,4)5;/h2-13,15-21H,1H3;6-9,12-14H,11H2,1-5H3;/q2*-1;. The Hall–Kier alpha value is -4.51. The third-order valence-corrected chi connectivity index (χ3v) is 13.1. The number of nitrogens with zero attached hydrogens (tertiary/aromatic N) is 2. The normalized spacial score (nSPS) is 11.9. The van der Waals surface area contributed by atoms with E-state index in [0.29, 0.717) is 11.8 Å². The van der Waals surface area contributed by atoms with Crippen molar-refractivity contribution in [2.24, 2.45) is 5.92 Å². The molecule has 0 aliphatic carbocycles. The van der Waals surface area contributed by atoms with Gasteiger partial charge in [-0.2, -0.15) is 11.3 Å². The number of thiophene rings is 1. The second kappa shape index (κ2) is 17.3. The Labute approximate surface area is 339 Å². The second-order valence-corrected chi connectivity index (χ2v) is 21.3. The van der Waals surface area contributed by atoms with Gasteiger partial charge in [-0.05, 0) is 79.5 Å². The van der Waals surface area contributed by atoms with E-state index >= 15 is 0 Å². The summed E-state index contributed by atoms with van der Waals surface area (Å²) in [6, 6.07) is 53.7. The zero-order valence-corrected chi connectivity index (χ0v) is 36.1. The predicted octanol–water partition coefficient (Wildman–Crippen LogP) is 13.0. The summed E-state index contributed by atoms with van der Waals surface area (Å²) >= 11 is 1.83. The molecule has 5 heteroatoms. The Balaban J connectivity index is 0.000000205. The minimum Gasteiger partial charge on any atom is -0.305 e. The van der Waals surface area contributed by atoms with Gasteiger partial charge in [-0.3, -0.25) is 0 Å². The van der Waals surface area contributed by atoms with Crippen molar-refractivity contribution in [1.82, 2.24) is 9.97 Å². The molecule has 8 rings (SSSR count). The summed E-state index contributed by atoms with van der Waals surface area (Å²) in [7, 11) is -1.34. The van der Waals surface area contributed by atoms with Crippen LogP contribution in [-0.4, -0.2) is 18.0 Å². The van der Waals surface area contributed by atoms with Crippen molar-refractivity contribution in [3.63, 3.8) is 0 Å². The van der Waals surface area contributed by atoms with Crippen molar-refractivity contribution in [2.75, 3.05) is 0 Å². The van der Waals surface area contributed by atoms with Crippen LogP contribution in [0.3, 0.4) is 0 Å². The summed E-state index contributed by atoms with van der Waals surface area (Å²) < 4.78 is 2.54. The first kappa shape index (κ1) is 39.2. The minimum absolute atomic E-state index is 0. The van der Waals surface area contributed by atoms with E-state index in [1.807, 2.05) is 41.8 Å². The summed E-state index contributed by atoms with van der Waals surface area (Å²) in [6.45, 7) is 14.0. The van der Waals surface area contributed by atoms with Gasteiger partial charge in [0, 0.05) is 43.1 Å². The third-order valence-electron chi connectivity index (χ3n) is 9.79. The minimum atomic E-state index is -1.34. The molecule has 0 amide bonds. The molecule has 3 heterocycles. The van der Waals surface area contributed by atoms with Gasteiger partial charge in [-0.15, -0.1) is 59.7 Å². The van der Waals surface area contributed by atoms with Crippen LogP contribution in [0.1, 0.15) is 43.4 Å². The van der Waals surface area contributed by atoms with E-state index in [0.717, 1.165) is 28.9 Å². The van der Waals surface area contributed by atoms with Crippen molar-refractivity contribution >= 4 is 44.8 Å². The average molecular weight is 915 g/mol. The first-order valence-corrected chi connectivity index (χ1v) is 22.9. The van der Waals surface area contributed by atoms with Crippen molar-refractivity contribution in [3.8, 4) is 33.6 Å². The Morgan fingerprint density at radius 3 is 2.09 bits per heavy atom. The Morgan fingerprint density at radius 1 is 0.648 bits per heavy atom. The maximum atomic E-state index is 4.75. The van der Waals surface area contributed by atoms with Crippen molar-refractivity contribution < 1.29 is 20.1 Å². The molecular formula is C49H46IrN2SSi-2. The molecule has 0 N–H and O–H groups in total. The maximum absolute atomic E-state index is 4.75. The molecule has 0 aliphatic rings. The van der Waals surface area contributed by atoms with E-state index in [1.54, 1.807) is 0 Å². The molecule has 0 fully saturated rings. The van der Waals surface area contributed by atoms with Crippen molar-refractivity contribution in [3.05, 3.63) is 175 Å². The first-order valence-electron chi connectivity index (χ1n) is 18.6. The van der Waals surface area contributed by atoms with Crippen LogP contribution in [0.15, 0.2) is 146 Å². The predicted molar refractivity (Wildman–Crippen MR) is 231 cm³/mol. The Bertz CT molecular complexity index is 2450. The van der Waals surface area contributed by atoms with Crippen LogP contribution in [0.2, 0.25) is 19.6 Å². The van der Waals surface area contributed by atoms with E-state index in [1.165, 1.54) is 53.2 Å². The molecule has 2 nitrogen and oxygen atoms in total. The first-order chi connectivity index (χ1) is 25.7. The fourth-order valence-corrected chi connectivity index (χ4v) is 9.79. The summed E-state index contributed by atoms with van der Waals surface area (Å²) in [6.07, 6.45) is 5.17. The van der Waals surface area contributed by atoms with E-state index in [9.17, 15) is 0 Å². The molecule has 1 atom stereocenters. The van der Waals surface area contributed by atoms with Gasteiger partial charge in [-0.25, -0.2) is 0 Å². The Morgan fingerprint density at radius 2 is 1.39 bits per heavy atom. The Kier molecular flexibility index (Phi) is 12.6. The number of rotatable bonds is 8. The molecule has 0 saturated heterocycles. The van der Waals surface area contributed by atoms with Crippen LogP contribution in [0.4, 0.5) is 0 Å². The van der Waals surface area contributed by atoms with Gasteiger partial charge in [0.2, 0.25) is 0 Å². The summed E-state index contributed by atoms with van der Waals surface area (Å²) in [5.74, 6) is 0.975. The molecule has 273 valence electrons. The number of hydrogen-bond donors (Lipinski definition) is 0. The molecule has 5 aromatic carbocycles. The number of benzene rings is 5. The molecule has 3 aromatic heterocycles. The summed E-state index contributed by atoms with van der Waals surface area (Å²) in [5, 5.41) is 4.05. The molecule has 0 aliphatic heterocycles. The van der Waals surface area contributed by atoms with Gasteiger partial charge in [-0.1, -0.05) is 130 Å². The molecule has 1 radical (unpaired) electrons. The van der Waals surface area contributed by atoms with Gasteiger partial charge >= 0.3 is 0 Å². The van der Waals surface area contributed by atoms with Gasteiger partial charge in [0.05, 0.1) is 8.07 Å². The van der Waals surface area contributed by atoms with Gasteiger partial charge in [0.15, 0.2) is 0 Å². The van der Waals surface area contributed by atoms with Crippen LogP contribution >= 0.6 is 11.3 Å². The molecule has 8 aromatic rings. The molecule has 0 saturated carbocycles. The van der Waals surface area contributed by atoms with Crippen LogP contribution in [0, 0.1) is 18.1 Å². The van der Waals surface area contributed by atoms with E-state index in [4.69, 9.17) is 4.98 Å². The number of hydrogen-bond acceptors (Lipinski definition) is 3. The summed E-state index contributed by atoms with van der Waals surface area (Å²) in [5.41, 5.74) is 10.7. The number of pyridine rings is 2. The molecule has 54 heavy (non-hydrogen) atoms. The maximum Gasteiger partial charge on any atom is 0.0798 e.